The van der Waals surface area contributed by atoms with E-state index in [4.69, 9.17) is 4.74 Å². The Morgan fingerprint density at radius 2 is 1.87 bits per heavy atom. The highest BCUT2D eigenvalue weighted by Crippen LogP contribution is 2.24. The SMILES string of the molecule is O=Cc1cccc(OCC2CCN(c3ccc(NC(=O)c4ccccc4)cn3)CC2)c1. The van der Waals surface area contributed by atoms with Gasteiger partial charge in [-0.25, -0.2) is 4.98 Å². The first-order chi connectivity index (χ1) is 15.2. The highest BCUT2D eigenvalue weighted by atomic mass is 16.5. The second-order valence-corrected chi connectivity index (χ2v) is 7.66. The maximum atomic E-state index is 12.3. The lowest BCUT2D eigenvalue weighted by molar-refractivity contribution is 0.102. The maximum Gasteiger partial charge on any atom is 0.255 e. The van der Waals surface area contributed by atoms with Gasteiger partial charge in [-0.05, 0) is 55.2 Å². The van der Waals surface area contributed by atoms with Gasteiger partial charge in [0.15, 0.2) is 0 Å². The molecule has 31 heavy (non-hydrogen) atoms. The van der Waals surface area contributed by atoms with E-state index in [1.54, 1.807) is 30.5 Å². The molecule has 0 bridgehead atoms. The van der Waals surface area contributed by atoms with Crippen LogP contribution in [0.4, 0.5) is 11.5 Å². The van der Waals surface area contributed by atoms with Crippen molar-refractivity contribution in [3.05, 3.63) is 84.1 Å². The van der Waals surface area contributed by atoms with Crippen molar-refractivity contribution in [1.29, 1.82) is 0 Å². The zero-order chi connectivity index (χ0) is 21.5. The number of aldehydes is 1. The summed E-state index contributed by atoms with van der Waals surface area (Å²) in [6.07, 6.45) is 4.56. The molecule has 0 aliphatic carbocycles. The molecule has 4 rings (SSSR count). The van der Waals surface area contributed by atoms with Gasteiger partial charge in [0.25, 0.3) is 5.91 Å². The van der Waals surface area contributed by atoms with Crippen LogP contribution in [-0.2, 0) is 0 Å². The van der Waals surface area contributed by atoms with E-state index in [-0.39, 0.29) is 5.91 Å². The molecule has 6 nitrogen and oxygen atoms in total. The minimum absolute atomic E-state index is 0.144. The van der Waals surface area contributed by atoms with Crippen LogP contribution in [0.3, 0.4) is 0 Å². The molecule has 6 heteroatoms. The lowest BCUT2D eigenvalue weighted by Gasteiger charge is -2.32. The molecule has 1 aliphatic heterocycles. The Bertz CT molecular complexity index is 1010. The summed E-state index contributed by atoms with van der Waals surface area (Å²) in [5, 5.41) is 2.88. The third-order valence-corrected chi connectivity index (χ3v) is 5.46. The molecular weight excluding hydrogens is 390 g/mol. The van der Waals surface area contributed by atoms with Gasteiger partial charge in [-0.15, -0.1) is 0 Å². The number of rotatable bonds is 7. The van der Waals surface area contributed by atoms with Crippen LogP contribution in [0.15, 0.2) is 72.9 Å². The number of amides is 1. The Kier molecular flexibility index (Phi) is 6.57. The van der Waals surface area contributed by atoms with Gasteiger partial charge in [-0.2, -0.15) is 0 Å². The number of carbonyl (C=O) groups excluding carboxylic acids is 2. The monoisotopic (exact) mass is 415 g/mol. The van der Waals surface area contributed by atoms with E-state index in [9.17, 15) is 9.59 Å². The summed E-state index contributed by atoms with van der Waals surface area (Å²) in [6, 6.07) is 20.2. The molecule has 158 valence electrons. The number of piperidine rings is 1. The minimum Gasteiger partial charge on any atom is -0.493 e. The Morgan fingerprint density at radius 3 is 2.58 bits per heavy atom. The van der Waals surface area contributed by atoms with Crippen LogP contribution in [0.2, 0.25) is 0 Å². The van der Waals surface area contributed by atoms with Crippen molar-refractivity contribution >= 4 is 23.7 Å². The molecule has 0 spiro atoms. The van der Waals surface area contributed by atoms with Gasteiger partial charge in [0.2, 0.25) is 0 Å². The third kappa shape index (κ3) is 5.48. The quantitative estimate of drug-likeness (QED) is 0.578. The summed E-state index contributed by atoms with van der Waals surface area (Å²) < 4.78 is 5.88. The zero-order valence-electron chi connectivity index (χ0n) is 17.2. The van der Waals surface area contributed by atoms with Gasteiger partial charge < -0.3 is 15.0 Å². The largest absolute Gasteiger partial charge is 0.493 e. The molecule has 1 fully saturated rings. The molecule has 0 saturated carbocycles. The number of hydrogen-bond donors (Lipinski definition) is 1. The van der Waals surface area contributed by atoms with E-state index in [0.717, 1.165) is 43.8 Å². The average molecular weight is 415 g/mol. The number of anilines is 2. The zero-order valence-corrected chi connectivity index (χ0v) is 17.2. The fraction of sp³-hybridized carbons (Fsp3) is 0.240. The molecule has 1 aromatic heterocycles. The summed E-state index contributed by atoms with van der Waals surface area (Å²) in [4.78, 5) is 29.9. The molecule has 1 aliphatic rings. The fourth-order valence-corrected chi connectivity index (χ4v) is 3.66. The Labute approximate surface area is 181 Å². The number of pyridine rings is 1. The van der Waals surface area contributed by atoms with Crippen molar-refractivity contribution in [2.24, 2.45) is 5.92 Å². The summed E-state index contributed by atoms with van der Waals surface area (Å²) in [7, 11) is 0. The van der Waals surface area contributed by atoms with Crippen LogP contribution in [0, 0.1) is 5.92 Å². The summed E-state index contributed by atoms with van der Waals surface area (Å²) in [5.41, 5.74) is 1.92. The summed E-state index contributed by atoms with van der Waals surface area (Å²) >= 11 is 0. The van der Waals surface area contributed by atoms with E-state index >= 15 is 0 Å². The van der Waals surface area contributed by atoms with Crippen molar-refractivity contribution in [2.75, 3.05) is 29.9 Å². The topological polar surface area (TPSA) is 71.5 Å². The fourth-order valence-electron chi connectivity index (χ4n) is 3.66. The molecule has 3 aromatic rings. The number of ether oxygens (including phenoxy) is 1. The molecule has 0 radical (unpaired) electrons. The molecule has 1 N–H and O–H groups in total. The minimum atomic E-state index is -0.144. The predicted octanol–water partition coefficient (Wildman–Crippen LogP) is 4.44. The van der Waals surface area contributed by atoms with Crippen LogP contribution in [0.1, 0.15) is 33.6 Å². The summed E-state index contributed by atoms with van der Waals surface area (Å²) in [6.45, 7) is 2.46. The van der Waals surface area contributed by atoms with Crippen molar-refractivity contribution in [3.63, 3.8) is 0 Å². The van der Waals surface area contributed by atoms with E-state index in [1.807, 2.05) is 42.5 Å². The van der Waals surface area contributed by atoms with Gasteiger partial charge >= 0.3 is 0 Å². The standard InChI is InChI=1S/C25H25N3O3/c29-17-20-5-4-8-23(15-20)31-18-19-11-13-28(14-12-19)24-10-9-22(16-26-24)27-25(30)21-6-2-1-3-7-21/h1-10,15-17,19H,11-14,18H2,(H,27,30). The van der Waals surface area contributed by atoms with Crippen molar-refractivity contribution in [1.82, 2.24) is 4.98 Å². The first kappa shape index (κ1) is 20.6. The Balaban J connectivity index is 1.26. The molecule has 0 unspecified atom stereocenters. The molecule has 0 atom stereocenters. The lowest BCUT2D eigenvalue weighted by atomic mass is 9.98. The molecular formula is C25H25N3O3. The number of hydrogen-bond acceptors (Lipinski definition) is 5. The van der Waals surface area contributed by atoms with Crippen molar-refractivity contribution in [3.8, 4) is 5.75 Å². The first-order valence-electron chi connectivity index (χ1n) is 10.5. The number of aromatic nitrogens is 1. The Morgan fingerprint density at radius 1 is 1.06 bits per heavy atom. The number of carbonyl (C=O) groups is 2. The molecule has 2 heterocycles. The maximum absolute atomic E-state index is 12.3. The van der Waals surface area contributed by atoms with E-state index < -0.39 is 0 Å². The molecule has 2 aromatic carbocycles. The van der Waals surface area contributed by atoms with Gasteiger partial charge in [0.05, 0.1) is 18.5 Å². The van der Waals surface area contributed by atoms with Crippen LogP contribution in [-0.4, -0.2) is 36.9 Å². The van der Waals surface area contributed by atoms with Gasteiger partial charge in [0, 0.05) is 24.2 Å². The number of benzene rings is 2. The highest BCUT2D eigenvalue weighted by molar-refractivity contribution is 6.04. The average Bonchev–Trinajstić information content (AvgIpc) is 2.84. The third-order valence-electron chi connectivity index (χ3n) is 5.46. The van der Waals surface area contributed by atoms with Gasteiger partial charge in [0.1, 0.15) is 17.9 Å². The second-order valence-electron chi connectivity index (χ2n) is 7.66. The summed E-state index contributed by atoms with van der Waals surface area (Å²) in [5.74, 6) is 1.98. The van der Waals surface area contributed by atoms with Crippen LogP contribution in [0.25, 0.3) is 0 Å². The first-order valence-corrected chi connectivity index (χ1v) is 10.5. The van der Waals surface area contributed by atoms with Crippen LogP contribution >= 0.6 is 0 Å². The smallest absolute Gasteiger partial charge is 0.255 e. The highest BCUT2D eigenvalue weighted by Gasteiger charge is 2.21. The van der Waals surface area contributed by atoms with Gasteiger partial charge in [-0.1, -0.05) is 30.3 Å². The van der Waals surface area contributed by atoms with Crippen LogP contribution < -0.4 is 15.0 Å². The Hall–Kier alpha value is -3.67. The van der Waals surface area contributed by atoms with Crippen molar-refractivity contribution in [2.45, 2.75) is 12.8 Å². The van der Waals surface area contributed by atoms with E-state index in [0.29, 0.717) is 29.3 Å². The lowest BCUT2D eigenvalue weighted by Crippen LogP contribution is -2.36. The van der Waals surface area contributed by atoms with Crippen LogP contribution in [0.5, 0.6) is 5.75 Å². The number of nitrogens with zero attached hydrogens (tertiary/aromatic N) is 2. The van der Waals surface area contributed by atoms with E-state index in [1.165, 1.54) is 0 Å². The van der Waals surface area contributed by atoms with Gasteiger partial charge in [-0.3, -0.25) is 9.59 Å². The second kappa shape index (κ2) is 9.89. The van der Waals surface area contributed by atoms with Crippen molar-refractivity contribution < 1.29 is 14.3 Å². The van der Waals surface area contributed by atoms with E-state index in [2.05, 4.69) is 15.2 Å². The normalized spacial score (nSPS) is 14.1. The predicted molar refractivity (Wildman–Crippen MR) is 121 cm³/mol. The number of nitrogens with one attached hydrogen (secondary N) is 1. The molecule has 1 amide bonds. The molecule has 1 saturated heterocycles.